The number of nitrogen functional groups attached to an aromatic ring is 1. The second-order valence-electron chi connectivity index (χ2n) is 4.99. The Bertz CT molecular complexity index is 340. The molecule has 4 nitrogen and oxygen atoms in total. The molecular weight excluding hydrogens is 202 g/mol. The highest BCUT2D eigenvalue weighted by atomic mass is 16.5. The summed E-state index contributed by atoms with van der Waals surface area (Å²) in [6.45, 7) is 6.12. The summed E-state index contributed by atoms with van der Waals surface area (Å²) in [6, 6.07) is 0. The van der Waals surface area contributed by atoms with E-state index in [4.69, 9.17) is 10.5 Å². The van der Waals surface area contributed by atoms with E-state index in [2.05, 4.69) is 24.0 Å². The van der Waals surface area contributed by atoms with Crippen LogP contribution in [0.2, 0.25) is 0 Å². The second kappa shape index (κ2) is 4.87. The summed E-state index contributed by atoms with van der Waals surface area (Å²) in [7, 11) is 0. The van der Waals surface area contributed by atoms with Crippen molar-refractivity contribution in [3.8, 4) is 0 Å². The summed E-state index contributed by atoms with van der Waals surface area (Å²) < 4.78 is 5.38. The average Bonchev–Trinajstić information content (AvgIpc) is 2.61. The lowest BCUT2D eigenvalue weighted by molar-refractivity contribution is 0.0843. The van der Waals surface area contributed by atoms with Gasteiger partial charge in [0.25, 0.3) is 0 Å². The zero-order valence-corrected chi connectivity index (χ0v) is 10.1. The summed E-state index contributed by atoms with van der Waals surface area (Å²) in [5.41, 5.74) is 8.39. The van der Waals surface area contributed by atoms with Gasteiger partial charge < -0.3 is 10.5 Å². The summed E-state index contributed by atoms with van der Waals surface area (Å²) in [5, 5.41) is 7.28. The van der Waals surface area contributed by atoms with E-state index >= 15 is 0 Å². The number of aromatic nitrogens is 2. The maximum absolute atomic E-state index is 5.92. The maximum Gasteiger partial charge on any atom is 0.148 e. The van der Waals surface area contributed by atoms with Crippen LogP contribution in [0.4, 0.5) is 5.82 Å². The molecule has 16 heavy (non-hydrogen) atoms. The zero-order valence-electron chi connectivity index (χ0n) is 10.1. The van der Waals surface area contributed by atoms with Crippen molar-refractivity contribution in [1.82, 2.24) is 10.2 Å². The van der Waals surface area contributed by atoms with Gasteiger partial charge in [-0.2, -0.15) is 5.10 Å². The van der Waals surface area contributed by atoms with Crippen molar-refractivity contribution in [3.63, 3.8) is 0 Å². The van der Waals surface area contributed by atoms with Crippen LogP contribution in [0.1, 0.15) is 43.9 Å². The maximum atomic E-state index is 5.92. The van der Waals surface area contributed by atoms with Crippen LogP contribution in [0.15, 0.2) is 0 Å². The molecule has 0 saturated carbocycles. The first-order valence-electron chi connectivity index (χ1n) is 6.08. The predicted octanol–water partition coefficient (Wildman–Crippen LogP) is 2.08. The Kier molecular flexibility index (Phi) is 3.49. The number of hydrogen-bond acceptors (Lipinski definition) is 3. The second-order valence-corrected chi connectivity index (χ2v) is 4.99. The van der Waals surface area contributed by atoms with Crippen molar-refractivity contribution in [1.29, 1.82) is 0 Å². The Morgan fingerprint density at radius 1 is 1.44 bits per heavy atom. The molecule has 2 heterocycles. The lowest BCUT2D eigenvalue weighted by Gasteiger charge is -2.22. The fourth-order valence-corrected chi connectivity index (χ4v) is 2.34. The first kappa shape index (κ1) is 11.5. The molecular formula is C12H21N3O. The average molecular weight is 223 g/mol. The van der Waals surface area contributed by atoms with Crippen molar-refractivity contribution in [2.45, 2.75) is 39.0 Å². The van der Waals surface area contributed by atoms with Gasteiger partial charge in [0.05, 0.1) is 0 Å². The molecule has 0 radical (unpaired) electrons. The number of nitrogens with one attached hydrogen (secondary N) is 1. The first-order valence-corrected chi connectivity index (χ1v) is 6.08. The number of nitrogens with zero attached hydrogens (tertiary/aromatic N) is 1. The highest BCUT2D eigenvalue weighted by Gasteiger charge is 2.22. The molecule has 4 heteroatoms. The van der Waals surface area contributed by atoms with Crippen molar-refractivity contribution >= 4 is 5.82 Å². The normalized spacial score (nSPS) is 18.2. The minimum atomic E-state index is 0.548. The Hall–Kier alpha value is -1.03. The van der Waals surface area contributed by atoms with Gasteiger partial charge in [0.2, 0.25) is 0 Å². The molecule has 1 fully saturated rings. The minimum Gasteiger partial charge on any atom is -0.382 e. The van der Waals surface area contributed by atoms with Gasteiger partial charge in [0.1, 0.15) is 5.82 Å². The van der Waals surface area contributed by atoms with Crippen molar-refractivity contribution in [2.75, 3.05) is 18.9 Å². The molecule has 90 valence electrons. The van der Waals surface area contributed by atoms with Crippen LogP contribution in [0.5, 0.6) is 0 Å². The highest BCUT2D eigenvalue weighted by molar-refractivity contribution is 5.43. The van der Waals surface area contributed by atoms with Crippen LogP contribution in [-0.4, -0.2) is 23.4 Å². The Labute approximate surface area is 96.6 Å². The molecule has 2 rings (SSSR count). The molecule has 0 aliphatic carbocycles. The highest BCUT2D eigenvalue weighted by Crippen LogP contribution is 2.31. The Morgan fingerprint density at radius 2 is 2.12 bits per heavy atom. The molecule has 0 unspecified atom stereocenters. The number of H-pyrrole nitrogens is 1. The van der Waals surface area contributed by atoms with E-state index in [-0.39, 0.29) is 0 Å². The van der Waals surface area contributed by atoms with E-state index in [9.17, 15) is 0 Å². The molecule has 0 aromatic carbocycles. The van der Waals surface area contributed by atoms with Gasteiger partial charge >= 0.3 is 0 Å². The summed E-state index contributed by atoms with van der Waals surface area (Å²) >= 11 is 0. The third kappa shape index (κ3) is 2.38. The monoisotopic (exact) mass is 223 g/mol. The fourth-order valence-electron chi connectivity index (χ4n) is 2.34. The molecule has 0 spiro atoms. The summed E-state index contributed by atoms with van der Waals surface area (Å²) in [5.74, 6) is 1.83. The number of aromatic amines is 1. The Morgan fingerprint density at radius 3 is 2.75 bits per heavy atom. The number of rotatable bonds is 3. The van der Waals surface area contributed by atoms with Gasteiger partial charge in [-0.05, 0) is 25.2 Å². The molecule has 1 aliphatic heterocycles. The lowest BCUT2D eigenvalue weighted by atomic mass is 9.91. The molecule has 3 N–H and O–H groups in total. The molecule has 1 aliphatic rings. The molecule has 0 atom stereocenters. The molecule has 0 amide bonds. The summed E-state index contributed by atoms with van der Waals surface area (Å²) in [6.07, 6.45) is 3.16. The SMILES string of the molecule is CC(C)Cc1c(N)n[nH]c1C1CCOCC1. The third-order valence-corrected chi connectivity index (χ3v) is 3.17. The Balaban J connectivity index is 2.18. The van der Waals surface area contributed by atoms with E-state index < -0.39 is 0 Å². The van der Waals surface area contributed by atoms with E-state index in [1.807, 2.05) is 0 Å². The van der Waals surface area contributed by atoms with Gasteiger partial charge in [-0.1, -0.05) is 13.8 Å². The van der Waals surface area contributed by atoms with Gasteiger partial charge in [0.15, 0.2) is 0 Å². The van der Waals surface area contributed by atoms with E-state index in [0.29, 0.717) is 17.7 Å². The van der Waals surface area contributed by atoms with Crippen LogP contribution in [-0.2, 0) is 11.2 Å². The number of hydrogen-bond donors (Lipinski definition) is 2. The lowest BCUT2D eigenvalue weighted by Crippen LogP contribution is -2.16. The topological polar surface area (TPSA) is 63.9 Å². The number of anilines is 1. The van der Waals surface area contributed by atoms with E-state index in [0.717, 1.165) is 32.5 Å². The largest absolute Gasteiger partial charge is 0.382 e. The van der Waals surface area contributed by atoms with E-state index in [1.165, 1.54) is 11.3 Å². The van der Waals surface area contributed by atoms with E-state index in [1.54, 1.807) is 0 Å². The van der Waals surface area contributed by atoms with Crippen LogP contribution in [0.25, 0.3) is 0 Å². The number of nitrogens with two attached hydrogens (primary N) is 1. The molecule has 1 saturated heterocycles. The van der Waals surface area contributed by atoms with Gasteiger partial charge in [-0.3, -0.25) is 5.10 Å². The van der Waals surface area contributed by atoms with Crippen LogP contribution < -0.4 is 5.73 Å². The predicted molar refractivity (Wildman–Crippen MR) is 64.3 cm³/mol. The van der Waals surface area contributed by atoms with Crippen LogP contribution in [0, 0.1) is 5.92 Å². The summed E-state index contributed by atoms with van der Waals surface area (Å²) in [4.78, 5) is 0. The van der Waals surface area contributed by atoms with Gasteiger partial charge in [-0.15, -0.1) is 0 Å². The quantitative estimate of drug-likeness (QED) is 0.824. The van der Waals surface area contributed by atoms with Crippen LogP contribution in [0.3, 0.4) is 0 Å². The van der Waals surface area contributed by atoms with Gasteiger partial charge in [-0.25, -0.2) is 0 Å². The standard InChI is InChI=1S/C12H21N3O/c1-8(2)7-10-11(14-15-12(10)13)9-3-5-16-6-4-9/h8-9H,3-7H2,1-2H3,(H3,13,14,15). The first-order chi connectivity index (χ1) is 7.68. The molecule has 0 bridgehead atoms. The molecule has 1 aromatic rings. The van der Waals surface area contributed by atoms with Gasteiger partial charge in [0, 0.05) is 30.4 Å². The third-order valence-electron chi connectivity index (χ3n) is 3.17. The zero-order chi connectivity index (χ0) is 11.5. The van der Waals surface area contributed by atoms with Crippen molar-refractivity contribution in [2.24, 2.45) is 5.92 Å². The smallest absolute Gasteiger partial charge is 0.148 e. The fraction of sp³-hybridized carbons (Fsp3) is 0.750. The molecule has 1 aromatic heterocycles. The van der Waals surface area contributed by atoms with Crippen molar-refractivity contribution < 1.29 is 4.74 Å². The van der Waals surface area contributed by atoms with Crippen molar-refractivity contribution in [3.05, 3.63) is 11.3 Å². The minimum absolute atomic E-state index is 0.548. The number of ether oxygens (including phenoxy) is 1. The van der Waals surface area contributed by atoms with Crippen LogP contribution >= 0.6 is 0 Å².